The van der Waals surface area contributed by atoms with Gasteiger partial charge in [-0.1, -0.05) is 17.7 Å². The molecule has 0 fully saturated rings. The first-order valence-electron chi connectivity index (χ1n) is 5.43. The number of nitrogens with one attached hydrogen (secondary N) is 1. The number of anilines is 3. The van der Waals surface area contributed by atoms with Crippen LogP contribution in [0.2, 0.25) is 5.02 Å². The Morgan fingerprint density at radius 3 is 2.65 bits per heavy atom. The Morgan fingerprint density at radius 1 is 1.30 bits per heavy atom. The molecule has 0 aliphatic rings. The van der Waals surface area contributed by atoms with Crippen molar-refractivity contribution in [2.75, 3.05) is 11.1 Å². The third-order valence-corrected chi connectivity index (χ3v) is 2.85. The number of nitrogens with two attached hydrogens (primary N) is 1. The van der Waals surface area contributed by atoms with Crippen molar-refractivity contribution < 1.29 is 18.7 Å². The molecule has 0 atom stereocenters. The zero-order chi connectivity index (χ0) is 14.9. The maximum atomic E-state index is 13.6. The van der Waals surface area contributed by atoms with Crippen molar-refractivity contribution in [2.45, 2.75) is 0 Å². The van der Waals surface area contributed by atoms with E-state index >= 15 is 0 Å². The van der Waals surface area contributed by atoms with E-state index in [0.29, 0.717) is 0 Å². The highest BCUT2D eigenvalue weighted by Crippen LogP contribution is 2.33. The van der Waals surface area contributed by atoms with Gasteiger partial charge in [0.15, 0.2) is 11.6 Å². The second kappa shape index (κ2) is 5.34. The Labute approximate surface area is 117 Å². The first-order chi connectivity index (χ1) is 9.40. The normalized spacial score (nSPS) is 10.3. The zero-order valence-electron chi connectivity index (χ0n) is 9.95. The Morgan fingerprint density at radius 2 is 2.00 bits per heavy atom. The van der Waals surface area contributed by atoms with Crippen LogP contribution in [0.3, 0.4) is 0 Å². The molecule has 4 nitrogen and oxygen atoms in total. The largest absolute Gasteiger partial charge is 0.478 e. The fourth-order valence-electron chi connectivity index (χ4n) is 1.66. The number of hydrogen-bond donors (Lipinski definition) is 3. The van der Waals surface area contributed by atoms with Crippen LogP contribution >= 0.6 is 11.6 Å². The monoisotopic (exact) mass is 298 g/mol. The number of rotatable bonds is 3. The maximum Gasteiger partial charge on any atom is 0.337 e. The van der Waals surface area contributed by atoms with Gasteiger partial charge < -0.3 is 16.2 Å². The molecule has 2 rings (SSSR count). The molecule has 7 heteroatoms. The summed E-state index contributed by atoms with van der Waals surface area (Å²) in [5, 5.41) is 11.6. The molecule has 0 heterocycles. The van der Waals surface area contributed by atoms with Crippen LogP contribution in [0.15, 0.2) is 30.3 Å². The second-order valence-electron chi connectivity index (χ2n) is 3.96. The average Bonchev–Trinajstić information content (AvgIpc) is 2.37. The molecule has 2 aromatic carbocycles. The van der Waals surface area contributed by atoms with Gasteiger partial charge in [0.2, 0.25) is 0 Å². The van der Waals surface area contributed by atoms with Gasteiger partial charge in [-0.3, -0.25) is 0 Å². The lowest BCUT2D eigenvalue weighted by atomic mass is 10.1. The molecule has 0 bridgehead atoms. The van der Waals surface area contributed by atoms with Gasteiger partial charge in [0.1, 0.15) is 0 Å². The van der Waals surface area contributed by atoms with Gasteiger partial charge >= 0.3 is 5.97 Å². The average molecular weight is 299 g/mol. The Bertz CT molecular complexity index is 692. The summed E-state index contributed by atoms with van der Waals surface area (Å²) in [5.74, 6) is -3.48. The molecule has 0 unspecified atom stereocenters. The van der Waals surface area contributed by atoms with Gasteiger partial charge in [-0.05, 0) is 24.3 Å². The van der Waals surface area contributed by atoms with Crippen LogP contribution in [0.1, 0.15) is 10.4 Å². The Balaban J connectivity index is 2.53. The quantitative estimate of drug-likeness (QED) is 0.756. The summed E-state index contributed by atoms with van der Waals surface area (Å²) in [5.41, 5.74) is 5.14. The third-order valence-electron chi connectivity index (χ3n) is 2.55. The predicted molar refractivity (Wildman–Crippen MR) is 72.5 cm³/mol. The second-order valence-corrected chi connectivity index (χ2v) is 4.36. The molecule has 0 saturated carbocycles. The van der Waals surface area contributed by atoms with Crippen LogP contribution in [0.25, 0.3) is 0 Å². The van der Waals surface area contributed by atoms with Crippen molar-refractivity contribution in [3.05, 3.63) is 52.6 Å². The molecule has 0 radical (unpaired) electrons. The summed E-state index contributed by atoms with van der Waals surface area (Å²) in [6, 6.07) is 5.98. The van der Waals surface area contributed by atoms with Crippen molar-refractivity contribution in [3.8, 4) is 0 Å². The molecule has 0 aliphatic carbocycles. The Hall–Kier alpha value is -2.34. The SMILES string of the molecule is Nc1cc(Cl)c(Nc2cccc(F)c2F)c(C(=O)O)c1. The van der Waals surface area contributed by atoms with E-state index in [0.717, 1.165) is 6.07 Å². The zero-order valence-corrected chi connectivity index (χ0v) is 10.7. The lowest BCUT2D eigenvalue weighted by Gasteiger charge is -2.13. The third kappa shape index (κ3) is 2.65. The van der Waals surface area contributed by atoms with E-state index in [2.05, 4.69) is 5.32 Å². The van der Waals surface area contributed by atoms with Gasteiger partial charge in [-0.2, -0.15) is 0 Å². The highest BCUT2D eigenvalue weighted by molar-refractivity contribution is 6.34. The number of hydrogen-bond acceptors (Lipinski definition) is 3. The predicted octanol–water partition coefficient (Wildman–Crippen LogP) is 3.64. The molecule has 0 aliphatic heterocycles. The van der Waals surface area contributed by atoms with Gasteiger partial charge in [0.05, 0.1) is 22.0 Å². The van der Waals surface area contributed by atoms with Crippen LogP contribution < -0.4 is 11.1 Å². The summed E-state index contributed by atoms with van der Waals surface area (Å²) in [6.45, 7) is 0. The van der Waals surface area contributed by atoms with E-state index in [-0.39, 0.29) is 27.6 Å². The van der Waals surface area contributed by atoms with Gasteiger partial charge in [-0.25, -0.2) is 13.6 Å². The van der Waals surface area contributed by atoms with E-state index in [4.69, 9.17) is 22.4 Å². The number of halogens is 3. The summed E-state index contributed by atoms with van der Waals surface area (Å²) in [6.07, 6.45) is 0. The van der Waals surface area contributed by atoms with Crippen molar-refractivity contribution >= 4 is 34.6 Å². The number of carboxylic acid groups (broad SMARTS) is 1. The lowest BCUT2D eigenvalue weighted by molar-refractivity contribution is 0.0698. The number of benzene rings is 2. The Kier molecular flexibility index (Phi) is 3.76. The van der Waals surface area contributed by atoms with Gasteiger partial charge in [0.25, 0.3) is 0 Å². The molecule has 0 amide bonds. The number of carbonyl (C=O) groups is 1. The molecule has 0 aromatic heterocycles. The summed E-state index contributed by atoms with van der Waals surface area (Å²) >= 11 is 5.90. The smallest absolute Gasteiger partial charge is 0.337 e. The number of nitrogen functional groups attached to an aromatic ring is 1. The highest BCUT2D eigenvalue weighted by atomic mass is 35.5. The fraction of sp³-hybridized carbons (Fsp3) is 0. The van der Waals surface area contributed by atoms with Crippen LogP contribution in [0.5, 0.6) is 0 Å². The van der Waals surface area contributed by atoms with E-state index < -0.39 is 17.6 Å². The highest BCUT2D eigenvalue weighted by Gasteiger charge is 2.17. The van der Waals surface area contributed by atoms with Gasteiger partial charge in [0, 0.05) is 5.69 Å². The molecule has 2 aromatic rings. The number of aromatic carboxylic acids is 1. The molecule has 104 valence electrons. The standard InChI is InChI=1S/C13H9ClF2N2O2/c14-8-5-6(17)4-7(13(19)20)12(8)18-10-3-1-2-9(15)11(10)16/h1-5,18H,17H2,(H,19,20). The van der Waals surface area contributed by atoms with Crippen LogP contribution in [0.4, 0.5) is 25.8 Å². The van der Waals surface area contributed by atoms with Gasteiger partial charge in [-0.15, -0.1) is 0 Å². The maximum absolute atomic E-state index is 13.6. The molecular formula is C13H9ClF2N2O2. The minimum Gasteiger partial charge on any atom is -0.478 e. The van der Waals surface area contributed by atoms with Crippen LogP contribution in [0, 0.1) is 11.6 Å². The lowest BCUT2D eigenvalue weighted by Crippen LogP contribution is -2.06. The summed E-state index contributed by atoms with van der Waals surface area (Å²) in [4.78, 5) is 11.1. The fourth-order valence-corrected chi connectivity index (χ4v) is 1.93. The van der Waals surface area contributed by atoms with E-state index in [1.54, 1.807) is 0 Å². The van der Waals surface area contributed by atoms with E-state index in [9.17, 15) is 13.6 Å². The molecular weight excluding hydrogens is 290 g/mol. The van der Waals surface area contributed by atoms with Crippen molar-refractivity contribution in [2.24, 2.45) is 0 Å². The minimum absolute atomic E-state index is 0.00828. The van der Waals surface area contributed by atoms with E-state index in [1.807, 2.05) is 0 Å². The van der Waals surface area contributed by atoms with Crippen LogP contribution in [-0.4, -0.2) is 11.1 Å². The molecule has 0 spiro atoms. The topological polar surface area (TPSA) is 75.3 Å². The molecule has 20 heavy (non-hydrogen) atoms. The van der Waals surface area contributed by atoms with Crippen molar-refractivity contribution in [1.82, 2.24) is 0 Å². The summed E-state index contributed by atoms with van der Waals surface area (Å²) < 4.78 is 26.7. The van der Waals surface area contributed by atoms with Crippen molar-refractivity contribution in [3.63, 3.8) is 0 Å². The van der Waals surface area contributed by atoms with E-state index in [1.165, 1.54) is 24.3 Å². The minimum atomic E-state index is -1.29. The van der Waals surface area contributed by atoms with Crippen LogP contribution in [-0.2, 0) is 0 Å². The summed E-state index contributed by atoms with van der Waals surface area (Å²) in [7, 11) is 0. The first-order valence-corrected chi connectivity index (χ1v) is 5.81. The molecule has 4 N–H and O–H groups in total. The first kappa shape index (κ1) is 14.1. The number of carboxylic acids is 1. The molecule has 0 saturated heterocycles. The van der Waals surface area contributed by atoms with Crippen molar-refractivity contribution in [1.29, 1.82) is 0 Å².